The SMILES string of the molecule is O=C(CCc1ccccc1)Nc1ccc(Nc2cccc(Cl)c2)nn1. The largest absolute Gasteiger partial charge is 0.339 e. The second-order valence-electron chi connectivity index (χ2n) is 5.47. The quantitative estimate of drug-likeness (QED) is 0.688. The summed E-state index contributed by atoms with van der Waals surface area (Å²) in [5.74, 6) is 0.910. The Bertz CT molecular complexity index is 838. The molecular formula is C19H17ClN4O. The van der Waals surface area contributed by atoms with Gasteiger partial charge in [0, 0.05) is 17.1 Å². The number of aromatic nitrogens is 2. The molecule has 0 saturated carbocycles. The molecule has 0 fully saturated rings. The Morgan fingerprint density at radius 3 is 2.40 bits per heavy atom. The lowest BCUT2D eigenvalue weighted by Gasteiger charge is -2.07. The van der Waals surface area contributed by atoms with E-state index >= 15 is 0 Å². The molecule has 0 bridgehead atoms. The fraction of sp³-hybridized carbons (Fsp3) is 0.105. The predicted octanol–water partition coefficient (Wildman–Crippen LogP) is 4.44. The van der Waals surface area contributed by atoms with Crippen LogP contribution in [0.1, 0.15) is 12.0 Å². The number of benzene rings is 2. The Hall–Kier alpha value is -2.92. The zero-order valence-corrected chi connectivity index (χ0v) is 14.2. The maximum absolute atomic E-state index is 12.0. The van der Waals surface area contributed by atoms with E-state index in [1.165, 1.54) is 0 Å². The molecule has 1 aromatic heterocycles. The molecule has 0 saturated heterocycles. The van der Waals surface area contributed by atoms with Gasteiger partial charge in [-0.2, -0.15) is 0 Å². The lowest BCUT2D eigenvalue weighted by atomic mass is 10.1. The van der Waals surface area contributed by atoms with Crippen LogP contribution in [0.3, 0.4) is 0 Å². The van der Waals surface area contributed by atoms with Crippen molar-refractivity contribution >= 4 is 34.8 Å². The zero-order chi connectivity index (χ0) is 17.5. The summed E-state index contributed by atoms with van der Waals surface area (Å²) >= 11 is 5.94. The van der Waals surface area contributed by atoms with Crippen LogP contribution in [0, 0.1) is 0 Å². The van der Waals surface area contributed by atoms with E-state index in [2.05, 4.69) is 20.8 Å². The molecule has 3 rings (SSSR count). The molecule has 0 aliphatic rings. The molecule has 1 amide bonds. The van der Waals surface area contributed by atoms with Crippen molar-refractivity contribution < 1.29 is 4.79 Å². The highest BCUT2D eigenvalue weighted by atomic mass is 35.5. The third-order valence-electron chi connectivity index (χ3n) is 3.51. The first-order valence-corrected chi connectivity index (χ1v) is 8.27. The third kappa shape index (κ3) is 5.29. The minimum absolute atomic E-state index is 0.0892. The zero-order valence-electron chi connectivity index (χ0n) is 13.4. The molecule has 6 heteroatoms. The Labute approximate surface area is 151 Å². The third-order valence-corrected chi connectivity index (χ3v) is 3.75. The van der Waals surface area contributed by atoms with Gasteiger partial charge in [-0.1, -0.05) is 48.0 Å². The first-order valence-electron chi connectivity index (χ1n) is 7.89. The van der Waals surface area contributed by atoms with Crippen LogP contribution in [0.4, 0.5) is 17.3 Å². The van der Waals surface area contributed by atoms with Gasteiger partial charge in [-0.05, 0) is 42.3 Å². The minimum Gasteiger partial charge on any atom is -0.339 e. The molecule has 0 aliphatic heterocycles. The molecule has 0 radical (unpaired) electrons. The summed E-state index contributed by atoms with van der Waals surface area (Å²) in [5.41, 5.74) is 1.95. The van der Waals surface area contributed by atoms with Crippen molar-refractivity contribution in [2.75, 3.05) is 10.6 Å². The van der Waals surface area contributed by atoms with Crippen molar-refractivity contribution in [2.24, 2.45) is 0 Å². The number of hydrogen-bond acceptors (Lipinski definition) is 4. The summed E-state index contributed by atoms with van der Waals surface area (Å²) in [6.07, 6.45) is 1.09. The van der Waals surface area contributed by atoms with Crippen LogP contribution >= 0.6 is 11.6 Å². The second kappa shape index (κ2) is 8.26. The first-order chi connectivity index (χ1) is 12.2. The van der Waals surface area contributed by atoms with E-state index in [4.69, 9.17) is 11.6 Å². The molecule has 25 heavy (non-hydrogen) atoms. The van der Waals surface area contributed by atoms with Gasteiger partial charge in [-0.15, -0.1) is 10.2 Å². The van der Waals surface area contributed by atoms with Gasteiger partial charge < -0.3 is 10.6 Å². The first kappa shape index (κ1) is 16.9. The number of aryl methyl sites for hydroxylation is 1. The molecular weight excluding hydrogens is 336 g/mol. The van der Waals surface area contributed by atoms with E-state index in [-0.39, 0.29) is 5.91 Å². The molecule has 2 aromatic carbocycles. The van der Waals surface area contributed by atoms with Crippen molar-refractivity contribution in [1.29, 1.82) is 0 Å². The molecule has 1 heterocycles. The summed E-state index contributed by atoms with van der Waals surface area (Å²) in [6, 6.07) is 20.7. The van der Waals surface area contributed by atoms with Crippen molar-refractivity contribution in [3.05, 3.63) is 77.3 Å². The number of carbonyl (C=O) groups excluding carboxylic acids is 1. The van der Waals surface area contributed by atoms with Crippen molar-refractivity contribution in [3.63, 3.8) is 0 Å². The normalized spacial score (nSPS) is 10.3. The Morgan fingerprint density at radius 2 is 1.68 bits per heavy atom. The molecule has 0 spiro atoms. The van der Waals surface area contributed by atoms with E-state index in [1.807, 2.05) is 42.5 Å². The van der Waals surface area contributed by atoms with E-state index in [0.717, 1.165) is 11.3 Å². The summed E-state index contributed by atoms with van der Waals surface area (Å²) in [6.45, 7) is 0. The van der Waals surface area contributed by atoms with E-state index < -0.39 is 0 Å². The second-order valence-corrected chi connectivity index (χ2v) is 5.91. The van der Waals surface area contributed by atoms with E-state index in [9.17, 15) is 4.79 Å². The summed E-state index contributed by atoms with van der Waals surface area (Å²) < 4.78 is 0. The van der Waals surface area contributed by atoms with Crippen LogP contribution < -0.4 is 10.6 Å². The molecule has 126 valence electrons. The Morgan fingerprint density at radius 1 is 0.920 bits per heavy atom. The van der Waals surface area contributed by atoms with Crippen LogP contribution in [-0.4, -0.2) is 16.1 Å². The summed E-state index contributed by atoms with van der Waals surface area (Å²) in [5, 5.41) is 14.6. The van der Waals surface area contributed by atoms with Gasteiger partial charge in [-0.25, -0.2) is 0 Å². The number of nitrogens with one attached hydrogen (secondary N) is 2. The number of amides is 1. The van der Waals surface area contributed by atoms with Gasteiger partial charge in [0.15, 0.2) is 11.6 Å². The topological polar surface area (TPSA) is 66.9 Å². The molecule has 0 atom stereocenters. The monoisotopic (exact) mass is 352 g/mol. The van der Waals surface area contributed by atoms with E-state index in [0.29, 0.717) is 29.5 Å². The van der Waals surface area contributed by atoms with Crippen molar-refractivity contribution in [2.45, 2.75) is 12.8 Å². The van der Waals surface area contributed by atoms with Gasteiger partial charge in [0.2, 0.25) is 5.91 Å². The van der Waals surface area contributed by atoms with Gasteiger partial charge in [0.05, 0.1) is 0 Å². The van der Waals surface area contributed by atoms with Crippen LogP contribution in [0.15, 0.2) is 66.7 Å². The van der Waals surface area contributed by atoms with Crippen molar-refractivity contribution in [3.8, 4) is 0 Å². The fourth-order valence-corrected chi connectivity index (χ4v) is 2.48. The Kier molecular flexibility index (Phi) is 5.59. The summed E-state index contributed by atoms with van der Waals surface area (Å²) in [7, 11) is 0. The highest BCUT2D eigenvalue weighted by molar-refractivity contribution is 6.30. The van der Waals surface area contributed by atoms with Gasteiger partial charge >= 0.3 is 0 Å². The molecule has 2 N–H and O–H groups in total. The average Bonchev–Trinajstić information content (AvgIpc) is 2.63. The number of rotatable bonds is 6. The standard InChI is InChI=1S/C19H17ClN4O/c20-15-7-4-8-16(13-15)21-17-10-11-18(24-23-17)22-19(25)12-9-14-5-2-1-3-6-14/h1-8,10-11,13H,9,12H2,(H,21,23)(H,22,24,25). The number of carbonyl (C=O) groups is 1. The number of anilines is 3. The maximum atomic E-state index is 12.0. The highest BCUT2D eigenvalue weighted by Crippen LogP contribution is 2.19. The fourth-order valence-electron chi connectivity index (χ4n) is 2.29. The predicted molar refractivity (Wildman–Crippen MR) is 100 cm³/mol. The summed E-state index contributed by atoms with van der Waals surface area (Å²) in [4.78, 5) is 12.0. The van der Waals surface area contributed by atoms with Crippen LogP contribution in [0.25, 0.3) is 0 Å². The Balaban J connectivity index is 1.52. The van der Waals surface area contributed by atoms with E-state index in [1.54, 1.807) is 24.3 Å². The van der Waals surface area contributed by atoms with Crippen LogP contribution in [0.5, 0.6) is 0 Å². The lowest BCUT2D eigenvalue weighted by Crippen LogP contribution is -2.14. The highest BCUT2D eigenvalue weighted by Gasteiger charge is 2.05. The van der Waals surface area contributed by atoms with Crippen LogP contribution in [-0.2, 0) is 11.2 Å². The number of hydrogen-bond donors (Lipinski definition) is 2. The number of halogens is 1. The smallest absolute Gasteiger partial charge is 0.225 e. The van der Waals surface area contributed by atoms with Crippen LogP contribution in [0.2, 0.25) is 5.02 Å². The maximum Gasteiger partial charge on any atom is 0.225 e. The number of nitrogens with zero attached hydrogens (tertiary/aromatic N) is 2. The molecule has 3 aromatic rings. The van der Waals surface area contributed by atoms with Gasteiger partial charge in [0.1, 0.15) is 0 Å². The van der Waals surface area contributed by atoms with Crippen molar-refractivity contribution in [1.82, 2.24) is 10.2 Å². The average molecular weight is 353 g/mol. The van der Waals surface area contributed by atoms with Gasteiger partial charge in [0.25, 0.3) is 0 Å². The molecule has 0 aliphatic carbocycles. The molecule has 0 unspecified atom stereocenters. The minimum atomic E-state index is -0.0892. The lowest BCUT2D eigenvalue weighted by molar-refractivity contribution is -0.116. The van der Waals surface area contributed by atoms with Gasteiger partial charge in [-0.3, -0.25) is 4.79 Å². The molecule has 5 nitrogen and oxygen atoms in total.